The Morgan fingerprint density at radius 2 is 1.32 bits per heavy atom. The molecule has 22 heavy (non-hydrogen) atoms. The molecule has 0 N–H and O–H groups in total. The molecule has 2 aliphatic heterocycles. The zero-order chi connectivity index (χ0) is 15.9. The van der Waals surface area contributed by atoms with Crippen molar-refractivity contribution in [1.82, 2.24) is 0 Å². The molecule has 2 heterocycles. The van der Waals surface area contributed by atoms with Gasteiger partial charge in [-0.3, -0.25) is 0 Å². The maximum absolute atomic E-state index is 11.4. The van der Waals surface area contributed by atoms with Crippen LogP contribution >= 0.6 is 0 Å². The minimum atomic E-state index is -0.826. The van der Waals surface area contributed by atoms with E-state index in [9.17, 15) is 9.59 Å². The van der Waals surface area contributed by atoms with Crippen LogP contribution in [0.3, 0.4) is 0 Å². The van der Waals surface area contributed by atoms with Gasteiger partial charge in [-0.25, -0.2) is 9.59 Å². The van der Waals surface area contributed by atoms with E-state index in [2.05, 4.69) is 13.2 Å². The summed E-state index contributed by atoms with van der Waals surface area (Å²) in [5.74, 6) is 0. The van der Waals surface area contributed by atoms with Crippen LogP contribution in [-0.4, -0.2) is 63.2 Å². The van der Waals surface area contributed by atoms with Gasteiger partial charge in [0.05, 0.1) is 13.2 Å². The van der Waals surface area contributed by atoms with Gasteiger partial charge in [0.1, 0.15) is 25.4 Å². The Hall–Kier alpha value is -2.06. The first kappa shape index (κ1) is 16.3. The molecule has 2 saturated heterocycles. The molecule has 0 aromatic rings. The van der Waals surface area contributed by atoms with Gasteiger partial charge in [0.25, 0.3) is 0 Å². The molecule has 2 aliphatic rings. The van der Waals surface area contributed by atoms with Crippen LogP contribution in [0.15, 0.2) is 25.3 Å². The molecule has 0 aromatic carbocycles. The first-order valence-corrected chi connectivity index (χ1v) is 6.77. The summed E-state index contributed by atoms with van der Waals surface area (Å²) in [5.41, 5.74) is 0. The molecule has 2 fully saturated rings. The minimum Gasteiger partial charge on any atom is -0.430 e. The highest BCUT2D eigenvalue weighted by Gasteiger charge is 2.51. The lowest BCUT2D eigenvalue weighted by molar-refractivity contribution is -0.0394. The average molecular weight is 314 g/mol. The average Bonchev–Trinajstić information content (AvgIpc) is 3.07. The van der Waals surface area contributed by atoms with E-state index in [1.807, 2.05) is 0 Å². The van der Waals surface area contributed by atoms with Gasteiger partial charge in [-0.15, -0.1) is 0 Å². The van der Waals surface area contributed by atoms with Crippen molar-refractivity contribution in [1.29, 1.82) is 0 Å². The third kappa shape index (κ3) is 3.99. The lowest BCUT2D eigenvalue weighted by Crippen LogP contribution is -2.36. The van der Waals surface area contributed by atoms with Crippen molar-refractivity contribution in [3.8, 4) is 0 Å². The molecule has 0 bridgehead atoms. The predicted molar refractivity (Wildman–Crippen MR) is 72.3 cm³/mol. The highest BCUT2D eigenvalue weighted by Crippen LogP contribution is 2.30. The number of fused-ring (bicyclic) bond motifs is 1. The molecule has 8 heteroatoms. The van der Waals surface area contributed by atoms with Gasteiger partial charge in [-0.05, 0) is 0 Å². The molecule has 122 valence electrons. The molecule has 0 radical (unpaired) electrons. The highest BCUT2D eigenvalue weighted by atomic mass is 16.8. The molecule has 0 amide bonds. The van der Waals surface area contributed by atoms with Gasteiger partial charge < -0.3 is 28.4 Å². The predicted octanol–water partition coefficient (Wildman–Crippen LogP) is 1.20. The first-order chi connectivity index (χ1) is 10.7. The lowest BCUT2D eigenvalue weighted by atomic mass is 10.1. The van der Waals surface area contributed by atoms with Gasteiger partial charge in [0.15, 0.2) is 12.2 Å². The number of ether oxygens (including phenoxy) is 6. The van der Waals surface area contributed by atoms with E-state index in [0.717, 1.165) is 0 Å². The molecule has 0 saturated carbocycles. The molecular formula is C14H18O8. The second-order valence-electron chi connectivity index (χ2n) is 4.61. The van der Waals surface area contributed by atoms with Crippen molar-refractivity contribution in [2.75, 3.05) is 26.4 Å². The van der Waals surface area contributed by atoms with E-state index in [-0.39, 0.29) is 26.4 Å². The number of hydrogen-bond acceptors (Lipinski definition) is 8. The Morgan fingerprint density at radius 3 is 1.68 bits per heavy atom. The minimum absolute atomic E-state index is 0.0578. The van der Waals surface area contributed by atoms with E-state index in [1.54, 1.807) is 0 Å². The van der Waals surface area contributed by atoms with Crippen molar-refractivity contribution in [2.24, 2.45) is 0 Å². The summed E-state index contributed by atoms with van der Waals surface area (Å²) in [7, 11) is 0. The summed E-state index contributed by atoms with van der Waals surface area (Å²) in [6, 6.07) is 0. The Kier molecular flexibility index (Phi) is 5.79. The van der Waals surface area contributed by atoms with Crippen LogP contribution in [0.25, 0.3) is 0 Å². The Balaban J connectivity index is 1.80. The topological polar surface area (TPSA) is 89.5 Å². The Labute approximate surface area is 127 Å². The second kappa shape index (κ2) is 7.81. The molecule has 0 aliphatic carbocycles. The van der Waals surface area contributed by atoms with Crippen LogP contribution in [0.5, 0.6) is 0 Å². The molecule has 0 unspecified atom stereocenters. The van der Waals surface area contributed by atoms with Crippen LogP contribution in [-0.2, 0) is 28.4 Å². The Morgan fingerprint density at radius 1 is 0.909 bits per heavy atom. The van der Waals surface area contributed by atoms with Crippen LogP contribution in [0.4, 0.5) is 9.59 Å². The van der Waals surface area contributed by atoms with Crippen molar-refractivity contribution >= 4 is 12.3 Å². The maximum Gasteiger partial charge on any atom is 0.509 e. The fourth-order valence-corrected chi connectivity index (χ4v) is 2.20. The number of carbonyl (C=O) groups excluding carboxylic acids is 2. The third-order valence-corrected chi connectivity index (χ3v) is 3.10. The fourth-order valence-electron chi connectivity index (χ4n) is 2.20. The van der Waals surface area contributed by atoms with Gasteiger partial charge >= 0.3 is 12.3 Å². The van der Waals surface area contributed by atoms with Crippen molar-refractivity contribution in [3.63, 3.8) is 0 Å². The van der Waals surface area contributed by atoms with Crippen molar-refractivity contribution < 1.29 is 38.0 Å². The molecule has 8 nitrogen and oxygen atoms in total. The number of carbonyl (C=O) groups is 2. The summed E-state index contributed by atoms with van der Waals surface area (Å²) >= 11 is 0. The molecule has 4 atom stereocenters. The van der Waals surface area contributed by atoms with E-state index in [1.165, 1.54) is 12.2 Å². The normalized spacial score (nSPS) is 29.3. The van der Waals surface area contributed by atoms with Crippen LogP contribution in [0, 0.1) is 0 Å². The van der Waals surface area contributed by atoms with Gasteiger partial charge in [-0.1, -0.05) is 25.3 Å². The van der Waals surface area contributed by atoms with E-state index < -0.39 is 36.7 Å². The van der Waals surface area contributed by atoms with Gasteiger partial charge in [-0.2, -0.15) is 0 Å². The standard InChI is InChI=1S/C14H18O8/c1-3-5-17-13(15)21-9-7-19-12-10(8-20-11(9)12)22-14(16)18-6-4-2/h3-4,9-12H,1-2,5-8H2/t9-,10-,11-,12-/m1/s1. The highest BCUT2D eigenvalue weighted by molar-refractivity contribution is 5.61. The van der Waals surface area contributed by atoms with Crippen LogP contribution < -0.4 is 0 Å². The van der Waals surface area contributed by atoms with E-state index >= 15 is 0 Å². The number of hydrogen-bond donors (Lipinski definition) is 0. The van der Waals surface area contributed by atoms with Crippen LogP contribution in [0.2, 0.25) is 0 Å². The SMILES string of the molecule is C=CCOC(=O)O[C@@H]1CO[C@H]2[C@@H]1OC[C@H]2OC(=O)OCC=C. The maximum atomic E-state index is 11.4. The quantitative estimate of drug-likeness (QED) is 0.533. The second-order valence-corrected chi connectivity index (χ2v) is 4.61. The van der Waals surface area contributed by atoms with E-state index in [0.29, 0.717) is 0 Å². The van der Waals surface area contributed by atoms with Gasteiger partial charge in [0, 0.05) is 0 Å². The summed E-state index contributed by atoms with van der Waals surface area (Å²) in [6.45, 7) is 7.25. The largest absolute Gasteiger partial charge is 0.509 e. The summed E-state index contributed by atoms with van der Waals surface area (Å²) < 4.78 is 30.6. The monoisotopic (exact) mass is 314 g/mol. The van der Waals surface area contributed by atoms with Crippen molar-refractivity contribution in [2.45, 2.75) is 24.4 Å². The number of rotatable bonds is 6. The summed E-state index contributed by atoms with van der Waals surface area (Å²) in [6.07, 6.45) is -1.03. The lowest BCUT2D eigenvalue weighted by Gasteiger charge is -2.16. The van der Waals surface area contributed by atoms with Crippen molar-refractivity contribution in [3.05, 3.63) is 25.3 Å². The van der Waals surface area contributed by atoms with E-state index in [4.69, 9.17) is 28.4 Å². The smallest absolute Gasteiger partial charge is 0.430 e. The zero-order valence-electron chi connectivity index (χ0n) is 12.0. The zero-order valence-corrected chi connectivity index (χ0v) is 12.0. The fraction of sp³-hybridized carbons (Fsp3) is 0.571. The van der Waals surface area contributed by atoms with Gasteiger partial charge in [0.2, 0.25) is 0 Å². The molecular weight excluding hydrogens is 296 g/mol. The van der Waals surface area contributed by atoms with Crippen LogP contribution in [0.1, 0.15) is 0 Å². The molecule has 0 spiro atoms. The molecule has 2 rings (SSSR count). The summed E-state index contributed by atoms with van der Waals surface area (Å²) in [5, 5.41) is 0. The molecule has 0 aromatic heterocycles. The first-order valence-electron chi connectivity index (χ1n) is 6.77. The third-order valence-electron chi connectivity index (χ3n) is 3.10. The summed E-state index contributed by atoms with van der Waals surface area (Å²) in [4.78, 5) is 22.8. The Bertz CT molecular complexity index is 395.